The molecule has 0 spiro atoms. The summed E-state index contributed by atoms with van der Waals surface area (Å²) in [6.45, 7) is 6.41. The van der Waals surface area contributed by atoms with E-state index in [2.05, 4.69) is 11.8 Å². The molecule has 2 aliphatic rings. The van der Waals surface area contributed by atoms with Crippen LogP contribution in [-0.4, -0.2) is 42.8 Å². The van der Waals surface area contributed by atoms with E-state index in [4.69, 9.17) is 10.5 Å². The average molecular weight is 198 g/mol. The molecule has 2 rings (SSSR count). The van der Waals surface area contributed by atoms with Gasteiger partial charge >= 0.3 is 0 Å². The van der Waals surface area contributed by atoms with E-state index in [1.54, 1.807) is 0 Å². The molecule has 3 heteroatoms. The van der Waals surface area contributed by atoms with Crippen molar-refractivity contribution in [1.29, 1.82) is 0 Å². The molecule has 0 aliphatic carbocycles. The van der Waals surface area contributed by atoms with Crippen molar-refractivity contribution in [2.45, 2.75) is 44.2 Å². The molecular weight excluding hydrogens is 176 g/mol. The number of ether oxygens (including phenoxy) is 1. The van der Waals surface area contributed by atoms with Crippen LogP contribution < -0.4 is 5.73 Å². The molecule has 0 aromatic heterocycles. The Labute approximate surface area is 86.6 Å². The van der Waals surface area contributed by atoms with Gasteiger partial charge in [0.25, 0.3) is 0 Å². The van der Waals surface area contributed by atoms with E-state index in [1.807, 2.05) is 0 Å². The normalized spacial score (nSPS) is 41.1. The van der Waals surface area contributed by atoms with Crippen LogP contribution in [0.15, 0.2) is 0 Å². The molecule has 14 heavy (non-hydrogen) atoms. The molecule has 82 valence electrons. The van der Waals surface area contributed by atoms with Crippen LogP contribution >= 0.6 is 0 Å². The van der Waals surface area contributed by atoms with E-state index in [9.17, 15) is 0 Å². The number of nitrogens with zero attached hydrogens (tertiary/aromatic N) is 1. The molecule has 2 heterocycles. The van der Waals surface area contributed by atoms with Gasteiger partial charge in [-0.3, -0.25) is 4.90 Å². The highest BCUT2D eigenvalue weighted by Crippen LogP contribution is 2.28. The summed E-state index contributed by atoms with van der Waals surface area (Å²) in [5, 5.41) is 0. The summed E-state index contributed by atoms with van der Waals surface area (Å²) in [6, 6.07) is 0.377. The Bertz CT molecular complexity index is 190. The molecule has 2 aliphatic heterocycles. The topological polar surface area (TPSA) is 38.5 Å². The maximum atomic E-state index is 6.01. The van der Waals surface area contributed by atoms with E-state index < -0.39 is 0 Å². The first-order valence-electron chi connectivity index (χ1n) is 5.79. The fourth-order valence-electron chi connectivity index (χ4n) is 2.67. The van der Waals surface area contributed by atoms with Crippen molar-refractivity contribution in [3.05, 3.63) is 0 Å². The van der Waals surface area contributed by atoms with Crippen molar-refractivity contribution in [2.24, 2.45) is 5.73 Å². The van der Waals surface area contributed by atoms with Crippen LogP contribution in [0.5, 0.6) is 0 Å². The largest absolute Gasteiger partial charge is 0.380 e. The van der Waals surface area contributed by atoms with Crippen LogP contribution in [0.1, 0.15) is 32.6 Å². The second kappa shape index (κ2) is 4.17. The Kier molecular flexibility index (Phi) is 3.10. The van der Waals surface area contributed by atoms with Crippen molar-refractivity contribution in [3.8, 4) is 0 Å². The Morgan fingerprint density at radius 1 is 1.43 bits per heavy atom. The second-order valence-corrected chi connectivity index (χ2v) is 5.00. The lowest BCUT2D eigenvalue weighted by Crippen LogP contribution is -2.57. The first kappa shape index (κ1) is 10.4. The summed E-state index contributed by atoms with van der Waals surface area (Å²) in [7, 11) is 0. The Morgan fingerprint density at radius 2 is 2.29 bits per heavy atom. The van der Waals surface area contributed by atoms with Crippen molar-refractivity contribution >= 4 is 0 Å². The van der Waals surface area contributed by atoms with Crippen LogP contribution in [0.3, 0.4) is 0 Å². The molecule has 2 unspecified atom stereocenters. The third-order valence-electron chi connectivity index (χ3n) is 3.64. The molecule has 0 saturated carbocycles. The van der Waals surface area contributed by atoms with Crippen LogP contribution in [0.4, 0.5) is 0 Å². The monoisotopic (exact) mass is 198 g/mol. The lowest BCUT2D eigenvalue weighted by molar-refractivity contribution is -0.0490. The summed E-state index contributed by atoms with van der Waals surface area (Å²) < 4.78 is 5.59. The predicted molar refractivity (Wildman–Crippen MR) is 57.2 cm³/mol. The molecule has 3 nitrogen and oxygen atoms in total. The fraction of sp³-hybridized carbons (Fsp3) is 1.00. The van der Waals surface area contributed by atoms with E-state index in [0.29, 0.717) is 6.04 Å². The molecule has 0 radical (unpaired) electrons. The Balaban J connectivity index is 1.97. The molecule has 0 aromatic rings. The maximum Gasteiger partial charge on any atom is 0.0647 e. The van der Waals surface area contributed by atoms with Crippen molar-refractivity contribution in [3.63, 3.8) is 0 Å². The Morgan fingerprint density at radius 3 is 2.93 bits per heavy atom. The summed E-state index contributed by atoms with van der Waals surface area (Å²) >= 11 is 0. The SMILES string of the molecule is CC1(N2CCCC(N)C2)CCCOC1. The van der Waals surface area contributed by atoms with Crippen LogP contribution in [0, 0.1) is 0 Å². The maximum absolute atomic E-state index is 6.01. The van der Waals surface area contributed by atoms with Gasteiger partial charge in [-0.05, 0) is 39.2 Å². The number of likely N-dealkylation sites (tertiary alicyclic amines) is 1. The molecule has 2 saturated heterocycles. The van der Waals surface area contributed by atoms with Crippen LogP contribution in [-0.2, 0) is 4.74 Å². The summed E-state index contributed by atoms with van der Waals surface area (Å²) in [5.41, 5.74) is 6.27. The highest BCUT2D eigenvalue weighted by Gasteiger charge is 2.35. The molecule has 0 aromatic carbocycles. The summed E-state index contributed by atoms with van der Waals surface area (Å²) in [6.07, 6.45) is 4.89. The zero-order chi connectivity index (χ0) is 10.0. The van der Waals surface area contributed by atoms with Gasteiger partial charge in [-0.15, -0.1) is 0 Å². The van der Waals surface area contributed by atoms with E-state index in [-0.39, 0.29) is 5.54 Å². The van der Waals surface area contributed by atoms with Gasteiger partial charge in [-0.25, -0.2) is 0 Å². The van der Waals surface area contributed by atoms with E-state index in [0.717, 1.165) is 19.8 Å². The van der Waals surface area contributed by atoms with Gasteiger partial charge in [0.05, 0.1) is 6.61 Å². The number of nitrogens with two attached hydrogens (primary N) is 1. The first-order valence-corrected chi connectivity index (χ1v) is 5.79. The zero-order valence-corrected chi connectivity index (χ0v) is 9.17. The minimum absolute atomic E-state index is 0.260. The van der Waals surface area contributed by atoms with Crippen LogP contribution in [0.2, 0.25) is 0 Å². The van der Waals surface area contributed by atoms with E-state index >= 15 is 0 Å². The van der Waals surface area contributed by atoms with Gasteiger partial charge in [-0.2, -0.15) is 0 Å². The van der Waals surface area contributed by atoms with Crippen molar-refractivity contribution in [1.82, 2.24) is 4.90 Å². The van der Waals surface area contributed by atoms with Gasteiger partial charge in [0.1, 0.15) is 0 Å². The molecule has 2 N–H and O–H groups in total. The third kappa shape index (κ3) is 2.10. The molecule has 2 atom stereocenters. The quantitative estimate of drug-likeness (QED) is 0.682. The van der Waals surface area contributed by atoms with Gasteiger partial charge < -0.3 is 10.5 Å². The number of rotatable bonds is 1. The molecule has 0 amide bonds. The first-order chi connectivity index (χ1) is 6.71. The average Bonchev–Trinajstić information content (AvgIpc) is 2.19. The van der Waals surface area contributed by atoms with Crippen molar-refractivity contribution < 1.29 is 4.74 Å². The van der Waals surface area contributed by atoms with Crippen LogP contribution in [0.25, 0.3) is 0 Å². The van der Waals surface area contributed by atoms with Gasteiger partial charge in [0, 0.05) is 24.7 Å². The number of piperidine rings is 1. The minimum Gasteiger partial charge on any atom is -0.380 e. The van der Waals surface area contributed by atoms with E-state index in [1.165, 1.54) is 32.2 Å². The summed E-state index contributed by atoms with van der Waals surface area (Å²) in [5.74, 6) is 0. The minimum atomic E-state index is 0.260. The lowest BCUT2D eigenvalue weighted by atomic mass is 9.90. The second-order valence-electron chi connectivity index (χ2n) is 5.00. The number of hydrogen-bond donors (Lipinski definition) is 1. The third-order valence-corrected chi connectivity index (χ3v) is 3.64. The predicted octanol–water partition coefficient (Wildman–Crippen LogP) is 0.979. The zero-order valence-electron chi connectivity index (χ0n) is 9.17. The molecule has 0 bridgehead atoms. The highest BCUT2D eigenvalue weighted by atomic mass is 16.5. The van der Waals surface area contributed by atoms with Gasteiger partial charge in [0.15, 0.2) is 0 Å². The standard InChI is InChI=1S/C11H22N2O/c1-11(5-3-7-14-9-11)13-6-2-4-10(12)8-13/h10H,2-9,12H2,1H3. The molecule has 2 fully saturated rings. The lowest BCUT2D eigenvalue weighted by Gasteiger charge is -2.46. The summed E-state index contributed by atoms with van der Waals surface area (Å²) in [4.78, 5) is 2.54. The van der Waals surface area contributed by atoms with Gasteiger partial charge in [-0.1, -0.05) is 0 Å². The highest BCUT2D eigenvalue weighted by molar-refractivity contribution is 4.92. The number of hydrogen-bond acceptors (Lipinski definition) is 3. The van der Waals surface area contributed by atoms with Gasteiger partial charge in [0.2, 0.25) is 0 Å². The Hall–Kier alpha value is -0.120. The fourth-order valence-corrected chi connectivity index (χ4v) is 2.67. The smallest absolute Gasteiger partial charge is 0.0647 e. The van der Waals surface area contributed by atoms with Crippen molar-refractivity contribution in [2.75, 3.05) is 26.3 Å². The molecular formula is C11H22N2O.